The Morgan fingerprint density at radius 2 is 1.64 bits per heavy atom. The van der Waals surface area contributed by atoms with E-state index < -0.39 is 5.91 Å². The molecule has 1 aliphatic heterocycles. The molecule has 5 aromatic rings. The summed E-state index contributed by atoms with van der Waals surface area (Å²) in [5, 5.41) is 16.6. The molecule has 42 heavy (non-hydrogen) atoms. The molecule has 1 aliphatic rings. The second-order valence-electron chi connectivity index (χ2n) is 9.56. The van der Waals surface area contributed by atoms with Crippen LogP contribution in [-0.2, 0) is 9.53 Å². The molecule has 0 spiro atoms. The summed E-state index contributed by atoms with van der Waals surface area (Å²) in [6, 6.07) is 24.3. The Morgan fingerprint density at radius 3 is 2.45 bits per heavy atom. The van der Waals surface area contributed by atoms with E-state index in [2.05, 4.69) is 48.7 Å². The van der Waals surface area contributed by atoms with Crippen molar-refractivity contribution in [3.05, 3.63) is 97.2 Å². The lowest BCUT2D eigenvalue weighted by Crippen LogP contribution is -2.36. The van der Waals surface area contributed by atoms with E-state index in [0.29, 0.717) is 52.8 Å². The molecule has 11 heteroatoms. The maximum atomic E-state index is 13.3. The number of carbonyl (C=O) groups excluding carboxylic acids is 2. The predicted octanol–water partition coefficient (Wildman–Crippen LogP) is 4.98. The highest BCUT2D eigenvalue weighted by molar-refractivity contribution is 6.14. The molecule has 0 radical (unpaired) electrons. The fourth-order valence-corrected chi connectivity index (χ4v) is 4.74. The number of rotatable bonds is 8. The van der Waals surface area contributed by atoms with Gasteiger partial charge in [0.25, 0.3) is 5.91 Å². The van der Waals surface area contributed by atoms with E-state index in [0.717, 1.165) is 24.5 Å². The SMILES string of the molecule is C=CC(=O)Nc1cccc(-c2nc(Nc3cccc(N4CCOCC4)c3)nc3[nH]nc(C(=O)Nc4ccccc4)c23)c1. The number of ether oxygens (including phenoxy) is 1. The number of H-pyrrole nitrogens is 1. The minimum atomic E-state index is -0.410. The van der Waals surface area contributed by atoms with E-state index in [4.69, 9.17) is 9.72 Å². The number of nitrogens with one attached hydrogen (secondary N) is 4. The van der Waals surface area contributed by atoms with Gasteiger partial charge in [-0.1, -0.05) is 43.0 Å². The molecule has 0 unspecified atom stereocenters. The predicted molar refractivity (Wildman–Crippen MR) is 163 cm³/mol. The Kier molecular flexibility index (Phi) is 7.56. The van der Waals surface area contributed by atoms with Crippen molar-refractivity contribution < 1.29 is 14.3 Å². The highest BCUT2D eigenvalue weighted by Crippen LogP contribution is 2.32. The Bertz CT molecular complexity index is 1760. The third-order valence-corrected chi connectivity index (χ3v) is 6.73. The molecule has 1 saturated heterocycles. The number of aromatic amines is 1. The van der Waals surface area contributed by atoms with Crippen LogP contribution in [0.2, 0.25) is 0 Å². The summed E-state index contributed by atoms with van der Waals surface area (Å²) in [5.74, 6) is -0.433. The van der Waals surface area contributed by atoms with E-state index in [1.165, 1.54) is 6.08 Å². The van der Waals surface area contributed by atoms with Gasteiger partial charge in [0.05, 0.1) is 24.3 Å². The van der Waals surface area contributed by atoms with Crippen molar-refractivity contribution >= 4 is 51.5 Å². The number of hydrogen-bond acceptors (Lipinski definition) is 8. The van der Waals surface area contributed by atoms with Gasteiger partial charge in [-0.2, -0.15) is 10.1 Å². The largest absolute Gasteiger partial charge is 0.378 e. The van der Waals surface area contributed by atoms with Gasteiger partial charge in [-0.25, -0.2) is 4.98 Å². The average molecular weight is 561 g/mol. The summed E-state index contributed by atoms with van der Waals surface area (Å²) in [4.78, 5) is 37.1. The minimum absolute atomic E-state index is 0.144. The summed E-state index contributed by atoms with van der Waals surface area (Å²) >= 11 is 0. The number of anilines is 5. The highest BCUT2D eigenvalue weighted by atomic mass is 16.5. The number of carbonyl (C=O) groups is 2. The minimum Gasteiger partial charge on any atom is -0.378 e. The van der Waals surface area contributed by atoms with Gasteiger partial charge in [0.1, 0.15) is 0 Å². The van der Waals surface area contributed by atoms with Gasteiger partial charge >= 0.3 is 0 Å². The van der Waals surface area contributed by atoms with Gasteiger partial charge in [-0.05, 0) is 48.5 Å². The number of benzene rings is 3. The standard InChI is InChI=1S/C31H28N8O3/c1-2-25(40)32-22-11-6-8-20(18-22)27-26-28(30(41)33-21-9-4-3-5-10-21)37-38-29(26)36-31(35-27)34-23-12-7-13-24(19-23)39-14-16-42-17-15-39/h2-13,18-19H,1,14-17H2,(H,32,40)(H,33,41)(H2,34,35,36,37,38). The van der Waals surface area contributed by atoms with E-state index in [-0.39, 0.29) is 11.6 Å². The van der Waals surface area contributed by atoms with Gasteiger partial charge in [-0.3, -0.25) is 14.7 Å². The molecular formula is C31H28N8O3. The zero-order valence-corrected chi connectivity index (χ0v) is 22.6. The fourth-order valence-electron chi connectivity index (χ4n) is 4.74. The summed E-state index contributed by atoms with van der Waals surface area (Å²) in [5.41, 5.74) is 4.70. The zero-order chi connectivity index (χ0) is 28.9. The first kappa shape index (κ1) is 26.7. The lowest BCUT2D eigenvalue weighted by atomic mass is 10.1. The van der Waals surface area contributed by atoms with Crippen molar-refractivity contribution in [3.63, 3.8) is 0 Å². The molecule has 2 amide bonds. The van der Waals surface area contributed by atoms with E-state index >= 15 is 0 Å². The Hall–Kier alpha value is -5.55. The van der Waals surface area contributed by atoms with E-state index in [1.807, 2.05) is 42.5 Å². The molecule has 11 nitrogen and oxygen atoms in total. The molecule has 1 fully saturated rings. The molecule has 0 atom stereocenters. The Morgan fingerprint density at radius 1 is 0.881 bits per heavy atom. The third kappa shape index (κ3) is 5.81. The first-order valence-electron chi connectivity index (χ1n) is 13.4. The Labute approximate surface area is 241 Å². The smallest absolute Gasteiger partial charge is 0.276 e. The summed E-state index contributed by atoms with van der Waals surface area (Å²) in [6.45, 7) is 6.52. The number of nitrogens with zero attached hydrogens (tertiary/aromatic N) is 4. The molecule has 3 aromatic carbocycles. The van der Waals surface area contributed by atoms with Gasteiger partial charge in [0.2, 0.25) is 11.9 Å². The fraction of sp³-hybridized carbons (Fsp3) is 0.129. The molecule has 0 saturated carbocycles. The van der Waals surface area contributed by atoms with Crippen LogP contribution in [0.25, 0.3) is 22.3 Å². The molecule has 210 valence electrons. The maximum Gasteiger partial charge on any atom is 0.276 e. The highest BCUT2D eigenvalue weighted by Gasteiger charge is 2.22. The number of morpholine rings is 1. The maximum absolute atomic E-state index is 13.3. The van der Waals surface area contributed by atoms with E-state index in [9.17, 15) is 9.59 Å². The van der Waals surface area contributed by atoms with Gasteiger partial charge in [0, 0.05) is 41.4 Å². The van der Waals surface area contributed by atoms with Crippen LogP contribution in [0, 0.1) is 0 Å². The number of aromatic nitrogens is 4. The summed E-state index contributed by atoms with van der Waals surface area (Å²) in [7, 11) is 0. The lowest BCUT2D eigenvalue weighted by Gasteiger charge is -2.29. The lowest BCUT2D eigenvalue weighted by molar-refractivity contribution is -0.111. The van der Waals surface area contributed by atoms with Crippen molar-refractivity contribution in [2.24, 2.45) is 0 Å². The number of amides is 2. The number of fused-ring (bicyclic) bond motifs is 1. The van der Waals surface area contributed by atoms with Crippen molar-refractivity contribution in [1.29, 1.82) is 0 Å². The third-order valence-electron chi connectivity index (χ3n) is 6.73. The van der Waals surface area contributed by atoms with Gasteiger partial charge in [-0.15, -0.1) is 0 Å². The van der Waals surface area contributed by atoms with Crippen LogP contribution in [0.4, 0.5) is 28.7 Å². The molecule has 0 aliphatic carbocycles. The van der Waals surface area contributed by atoms with Crippen molar-refractivity contribution in [2.45, 2.75) is 0 Å². The second kappa shape index (κ2) is 11.9. The van der Waals surface area contributed by atoms with E-state index in [1.54, 1.807) is 30.3 Å². The molecule has 4 N–H and O–H groups in total. The zero-order valence-electron chi connectivity index (χ0n) is 22.6. The molecule has 3 heterocycles. The van der Waals surface area contributed by atoms with Crippen molar-refractivity contribution in [1.82, 2.24) is 20.2 Å². The van der Waals surface area contributed by atoms with Crippen LogP contribution in [0.15, 0.2) is 91.5 Å². The topological polar surface area (TPSA) is 137 Å². The first-order chi connectivity index (χ1) is 20.6. The monoisotopic (exact) mass is 560 g/mol. The number of hydrogen-bond donors (Lipinski definition) is 4. The molecule has 2 aromatic heterocycles. The van der Waals surface area contributed by atoms with Crippen LogP contribution in [-0.4, -0.2) is 58.3 Å². The van der Waals surface area contributed by atoms with Gasteiger partial charge < -0.3 is 25.6 Å². The van der Waals surface area contributed by atoms with Crippen molar-refractivity contribution in [3.8, 4) is 11.3 Å². The quantitative estimate of drug-likeness (QED) is 0.195. The number of para-hydroxylation sites is 1. The van der Waals surface area contributed by atoms with Crippen LogP contribution in [0.5, 0.6) is 0 Å². The van der Waals surface area contributed by atoms with Crippen LogP contribution in [0.1, 0.15) is 10.5 Å². The second-order valence-corrected chi connectivity index (χ2v) is 9.56. The average Bonchev–Trinajstić information content (AvgIpc) is 3.46. The van der Waals surface area contributed by atoms with Crippen molar-refractivity contribution in [2.75, 3.05) is 47.2 Å². The summed E-state index contributed by atoms with van der Waals surface area (Å²) < 4.78 is 5.49. The van der Waals surface area contributed by atoms with Crippen LogP contribution < -0.4 is 20.9 Å². The van der Waals surface area contributed by atoms with Gasteiger partial charge in [0.15, 0.2) is 11.3 Å². The van der Waals surface area contributed by atoms with Crippen LogP contribution >= 0.6 is 0 Å². The van der Waals surface area contributed by atoms with Crippen LogP contribution in [0.3, 0.4) is 0 Å². The summed E-state index contributed by atoms with van der Waals surface area (Å²) in [6.07, 6.45) is 1.20. The first-order valence-corrected chi connectivity index (χ1v) is 13.4. The molecule has 0 bridgehead atoms. The molecular weight excluding hydrogens is 532 g/mol. The Balaban J connectivity index is 1.40. The molecule has 6 rings (SSSR count). The normalized spacial score (nSPS) is 13.0.